The molecule has 0 unspecified atom stereocenters. The molecule has 5 aliphatic carbocycles. The van der Waals surface area contributed by atoms with Gasteiger partial charge in [-0.05, 0) is 99.0 Å². The monoisotopic (exact) mass is 582 g/mol. The number of piperidine rings is 2. The minimum atomic E-state index is -0.940. The van der Waals surface area contributed by atoms with Crippen LogP contribution in [-0.2, 0) is 33.3 Å². The second kappa shape index (κ2) is 9.15. The lowest BCUT2D eigenvalue weighted by molar-refractivity contribution is -0.188. The fraction of sp³-hybridized carbons (Fsp3) is 0.611. The Morgan fingerprint density at radius 2 is 1.84 bits per heavy atom. The maximum Gasteiger partial charge on any atom is 0.174 e. The SMILES string of the molecule is O=C1CC[C@@]2(O)[C@H]3Cc4ccc(O)c5c4[C@@]2(CCN3CC2CC2)[C@H]1O5.O=C1CC[C@H]2[C@H]3Cc4ccccc4[C@@]2(CCN3)C1. The molecule has 0 radical (unpaired) electrons. The van der Waals surface area contributed by atoms with Crippen molar-refractivity contribution >= 4 is 11.6 Å². The summed E-state index contributed by atoms with van der Waals surface area (Å²) in [5.74, 6) is 2.54. The van der Waals surface area contributed by atoms with Gasteiger partial charge in [0.1, 0.15) is 5.78 Å². The van der Waals surface area contributed by atoms with Crippen LogP contribution in [0.3, 0.4) is 0 Å². The molecule has 8 aliphatic rings. The fourth-order valence-electron chi connectivity index (χ4n) is 11.0. The Morgan fingerprint density at radius 1 is 0.977 bits per heavy atom. The summed E-state index contributed by atoms with van der Waals surface area (Å²) in [7, 11) is 0. The number of nitrogens with zero attached hydrogens (tertiary/aromatic N) is 1. The van der Waals surface area contributed by atoms with Gasteiger partial charge in [0.25, 0.3) is 0 Å². The van der Waals surface area contributed by atoms with Gasteiger partial charge in [0, 0.05) is 48.9 Å². The van der Waals surface area contributed by atoms with Gasteiger partial charge in [0.2, 0.25) is 0 Å². The summed E-state index contributed by atoms with van der Waals surface area (Å²) >= 11 is 0. The Bertz CT molecular complexity index is 1540. The van der Waals surface area contributed by atoms with Crippen molar-refractivity contribution in [2.24, 2.45) is 11.8 Å². The molecule has 2 saturated heterocycles. The zero-order chi connectivity index (χ0) is 29.1. The average Bonchev–Trinajstić information content (AvgIpc) is 3.74. The van der Waals surface area contributed by atoms with E-state index in [0.29, 0.717) is 36.3 Å². The predicted molar refractivity (Wildman–Crippen MR) is 160 cm³/mol. The van der Waals surface area contributed by atoms with Crippen molar-refractivity contribution in [1.82, 2.24) is 10.2 Å². The number of ketones is 2. The zero-order valence-electron chi connectivity index (χ0n) is 24.8. The lowest BCUT2D eigenvalue weighted by Gasteiger charge is -2.62. The molecule has 226 valence electrons. The summed E-state index contributed by atoms with van der Waals surface area (Å²) in [4.78, 5) is 27.2. The molecule has 7 nitrogen and oxygen atoms in total. The van der Waals surface area contributed by atoms with Crippen LogP contribution >= 0.6 is 0 Å². The summed E-state index contributed by atoms with van der Waals surface area (Å²) in [5, 5.41) is 26.0. The highest BCUT2D eigenvalue weighted by Crippen LogP contribution is 2.65. The van der Waals surface area contributed by atoms with Gasteiger partial charge in [-0.3, -0.25) is 14.5 Å². The summed E-state index contributed by atoms with van der Waals surface area (Å²) in [6.45, 7) is 3.02. The number of hydrogen-bond acceptors (Lipinski definition) is 7. The number of aliphatic hydroxyl groups is 1. The third kappa shape index (κ3) is 3.53. The number of aromatic hydroxyl groups is 1. The lowest BCUT2D eigenvalue weighted by atomic mass is 9.49. The molecule has 3 N–H and O–H groups in total. The van der Waals surface area contributed by atoms with Crippen LogP contribution in [0.4, 0.5) is 0 Å². The van der Waals surface area contributed by atoms with Crippen LogP contribution in [0.2, 0.25) is 0 Å². The number of carbonyl (C=O) groups excluding carboxylic acids is 2. The van der Waals surface area contributed by atoms with Crippen molar-refractivity contribution in [3.63, 3.8) is 0 Å². The van der Waals surface area contributed by atoms with E-state index in [1.165, 1.54) is 24.0 Å². The number of phenolic OH excluding ortho intramolecular Hbond substituents is 1. The third-order valence-corrected chi connectivity index (χ3v) is 13.0. The summed E-state index contributed by atoms with van der Waals surface area (Å²) in [6, 6.07) is 13.1. The van der Waals surface area contributed by atoms with Gasteiger partial charge in [-0.25, -0.2) is 0 Å². The number of ether oxygens (including phenoxy) is 1. The van der Waals surface area contributed by atoms with Gasteiger partial charge in [-0.1, -0.05) is 30.3 Å². The molecule has 43 heavy (non-hydrogen) atoms. The second-order valence-corrected chi connectivity index (χ2v) is 14.9. The molecule has 0 amide bonds. The first-order chi connectivity index (χ1) is 20.8. The first-order valence-electron chi connectivity index (χ1n) is 16.7. The quantitative estimate of drug-likeness (QED) is 0.496. The third-order valence-electron chi connectivity index (χ3n) is 13.0. The van der Waals surface area contributed by atoms with Crippen LogP contribution in [0.1, 0.15) is 80.0 Å². The van der Waals surface area contributed by atoms with Crippen LogP contribution < -0.4 is 10.1 Å². The molecular weight excluding hydrogens is 540 g/mol. The van der Waals surface area contributed by atoms with Gasteiger partial charge in [-0.15, -0.1) is 0 Å². The standard InChI is InChI=1S/C20H23NO4.C16H19NO/c22-13-4-3-12-9-15-20(24)6-5-14(23)18-19(20,16(12)17(13)25-18)7-8-21(15)10-11-1-2-11;18-12-5-6-14-15-9-11-3-1-2-4-13(11)16(14,10-12)7-8-17-15/h3-4,11,15,18,22,24H,1-2,5-10H2;1-4,14-15,17H,5-10H2/t15-,18+,19+,20-;14-,15+,16+/m10/s1. The van der Waals surface area contributed by atoms with Gasteiger partial charge in [0.05, 0.1) is 11.0 Å². The normalized spacial score (nSPS) is 39.9. The van der Waals surface area contributed by atoms with E-state index in [9.17, 15) is 19.8 Å². The van der Waals surface area contributed by atoms with Crippen LogP contribution in [0, 0.1) is 11.8 Å². The van der Waals surface area contributed by atoms with Crippen LogP contribution in [0.5, 0.6) is 11.5 Å². The number of Topliss-reactive ketones (excluding diaryl/α,β-unsaturated/α-hetero) is 2. The maximum absolute atomic E-state index is 12.7. The van der Waals surface area contributed by atoms with Crippen LogP contribution in [-0.4, -0.2) is 70.1 Å². The minimum Gasteiger partial charge on any atom is -0.504 e. The van der Waals surface area contributed by atoms with E-state index in [1.807, 2.05) is 6.07 Å². The number of fused-ring (bicyclic) bond motifs is 1. The van der Waals surface area contributed by atoms with Crippen molar-refractivity contribution in [2.75, 3.05) is 19.6 Å². The van der Waals surface area contributed by atoms with Crippen molar-refractivity contribution in [3.05, 3.63) is 58.7 Å². The number of hydrogen-bond donors (Lipinski definition) is 3. The minimum absolute atomic E-state index is 0.0454. The topological polar surface area (TPSA) is 99.1 Å². The lowest BCUT2D eigenvalue weighted by Crippen LogP contribution is -2.76. The highest BCUT2D eigenvalue weighted by Gasteiger charge is 2.73. The van der Waals surface area contributed by atoms with Crippen LogP contribution in [0.25, 0.3) is 0 Å². The van der Waals surface area contributed by atoms with Crippen molar-refractivity contribution in [1.29, 1.82) is 0 Å². The number of likely N-dealkylation sites (tertiary alicyclic amines) is 1. The van der Waals surface area contributed by atoms with Crippen molar-refractivity contribution in [3.8, 4) is 11.5 Å². The van der Waals surface area contributed by atoms with E-state index in [0.717, 1.165) is 81.6 Å². The van der Waals surface area contributed by atoms with Crippen molar-refractivity contribution < 1.29 is 24.5 Å². The molecule has 1 spiro atoms. The molecule has 3 saturated carbocycles. The number of carbonyl (C=O) groups is 2. The van der Waals surface area contributed by atoms with E-state index < -0.39 is 17.1 Å². The van der Waals surface area contributed by atoms with Gasteiger partial charge in [0.15, 0.2) is 23.4 Å². The summed E-state index contributed by atoms with van der Waals surface area (Å²) in [5.41, 5.74) is 3.58. The molecule has 3 heterocycles. The average molecular weight is 583 g/mol. The molecule has 7 atom stereocenters. The summed E-state index contributed by atoms with van der Waals surface area (Å²) < 4.78 is 6.04. The highest BCUT2D eigenvalue weighted by atomic mass is 16.5. The summed E-state index contributed by atoms with van der Waals surface area (Å²) in [6.07, 6.45) is 9.28. The molecule has 3 aliphatic heterocycles. The Hall–Kier alpha value is -2.74. The molecule has 5 fully saturated rings. The molecule has 7 heteroatoms. The molecular formula is C36H42N2O5. The molecule has 4 bridgehead atoms. The van der Waals surface area contributed by atoms with Crippen LogP contribution in [0.15, 0.2) is 36.4 Å². The second-order valence-electron chi connectivity index (χ2n) is 14.9. The smallest absolute Gasteiger partial charge is 0.174 e. The van der Waals surface area contributed by atoms with E-state index in [2.05, 4.69) is 34.5 Å². The molecule has 2 aromatic rings. The molecule has 2 aromatic carbocycles. The maximum atomic E-state index is 12.7. The Morgan fingerprint density at radius 3 is 2.70 bits per heavy atom. The van der Waals surface area contributed by atoms with Gasteiger partial charge < -0.3 is 20.3 Å². The Labute approximate surface area is 253 Å². The molecule has 0 aromatic heterocycles. The fourth-order valence-corrected chi connectivity index (χ4v) is 11.0. The van der Waals surface area contributed by atoms with E-state index >= 15 is 0 Å². The number of phenols is 1. The van der Waals surface area contributed by atoms with E-state index in [4.69, 9.17) is 4.74 Å². The Balaban J connectivity index is 0.000000128. The van der Waals surface area contributed by atoms with Gasteiger partial charge in [-0.2, -0.15) is 0 Å². The van der Waals surface area contributed by atoms with Crippen molar-refractivity contribution in [2.45, 2.75) is 105 Å². The first-order valence-corrected chi connectivity index (χ1v) is 16.7. The number of nitrogens with one attached hydrogen (secondary N) is 1. The number of benzene rings is 2. The first kappa shape index (κ1) is 26.6. The predicted octanol–water partition coefficient (Wildman–Crippen LogP) is 3.74. The number of rotatable bonds is 2. The van der Waals surface area contributed by atoms with E-state index in [1.54, 1.807) is 6.07 Å². The highest BCUT2D eigenvalue weighted by molar-refractivity contribution is 5.90. The zero-order valence-corrected chi connectivity index (χ0v) is 24.8. The van der Waals surface area contributed by atoms with Gasteiger partial charge >= 0.3 is 0 Å². The molecule has 10 rings (SSSR count). The largest absolute Gasteiger partial charge is 0.504 e. The Kier molecular flexibility index (Phi) is 5.67. The van der Waals surface area contributed by atoms with E-state index in [-0.39, 0.29) is 23.0 Å².